The molecule has 2 aliphatic heterocycles. The summed E-state index contributed by atoms with van der Waals surface area (Å²) in [6.45, 7) is 10.6. The molecule has 0 spiro atoms. The summed E-state index contributed by atoms with van der Waals surface area (Å²) in [4.78, 5) is 19.5. The maximum Gasteiger partial charge on any atom is 0.241 e. The van der Waals surface area contributed by atoms with Crippen LogP contribution in [0.25, 0.3) is 0 Å². The number of benzene rings is 1. The van der Waals surface area contributed by atoms with Gasteiger partial charge in [0, 0.05) is 37.4 Å². The van der Waals surface area contributed by atoms with Crippen molar-refractivity contribution >= 4 is 11.6 Å². The van der Waals surface area contributed by atoms with Gasteiger partial charge in [-0.25, -0.2) is 4.39 Å². The van der Waals surface area contributed by atoms with Gasteiger partial charge >= 0.3 is 0 Å². The fourth-order valence-electron chi connectivity index (χ4n) is 4.14. The summed E-state index contributed by atoms with van der Waals surface area (Å²) in [5.74, 6) is 0.134. The first kappa shape index (κ1) is 17.4. The van der Waals surface area contributed by atoms with Crippen LogP contribution in [0.15, 0.2) is 18.2 Å². The second-order valence-electron chi connectivity index (χ2n) is 7.93. The van der Waals surface area contributed by atoms with E-state index in [0.29, 0.717) is 6.54 Å². The van der Waals surface area contributed by atoms with Crippen LogP contribution in [0.4, 0.5) is 10.1 Å². The maximum absolute atomic E-state index is 13.7. The van der Waals surface area contributed by atoms with Crippen molar-refractivity contribution < 1.29 is 9.18 Å². The molecule has 1 fully saturated rings. The Kier molecular flexibility index (Phi) is 4.67. The fourth-order valence-corrected chi connectivity index (χ4v) is 4.14. The molecule has 1 aromatic rings. The number of hydrogen-bond donors (Lipinski definition) is 0. The summed E-state index contributed by atoms with van der Waals surface area (Å²) in [7, 11) is 2.11. The smallest absolute Gasteiger partial charge is 0.241 e. The van der Waals surface area contributed by atoms with E-state index in [1.165, 1.54) is 6.07 Å². The maximum atomic E-state index is 13.7. The number of amides is 1. The van der Waals surface area contributed by atoms with E-state index in [9.17, 15) is 9.18 Å². The van der Waals surface area contributed by atoms with E-state index in [1.54, 1.807) is 12.1 Å². The van der Waals surface area contributed by atoms with Crippen molar-refractivity contribution in [2.45, 2.75) is 38.6 Å². The van der Waals surface area contributed by atoms with Crippen LogP contribution in [0, 0.1) is 5.82 Å². The van der Waals surface area contributed by atoms with Crippen LogP contribution in [0.2, 0.25) is 0 Å². The van der Waals surface area contributed by atoms with E-state index >= 15 is 0 Å². The molecule has 0 aromatic heterocycles. The Labute approximate surface area is 144 Å². The van der Waals surface area contributed by atoms with Gasteiger partial charge in [0.05, 0.1) is 6.54 Å². The molecule has 132 valence electrons. The van der Waals surface area contributed by atoms with Gasteiger partial charge in [-0.3, -0.25) is 9.69 Å². The average Bonchev–Trinajstić information content (AvgIpc) is 2.49. The quantitative estimate of drug-likeness (QED) is 0.833. The predicted octanol–water partition coefficient (Wildman–Crippen LogP) is 2.69. The first-order valence-electron chi connectivity index (χ1n) is 8.81. The van der Waals surface area contributed by atoms with Crippen molar-refractivity contribution in [1.29, 1.82) is 0 Å². The van der Waals surface area contributed by atoms with Gasteiger partial charge in [-0.1, -0.05) is 6.92 Å². The van der Waals surface area contributed by atoms with Crippen LogP contribution >= 0.6 is 0 Å². The normalized spacial score (nSPS) is 24.7. The third-order valence-corrected chi connectivity index (χ3v) is 5.38. The topological polar surface area (TPSA) is 26.8 Å². The molecule has 0 N–H and O–H groups in total. The molecule has 2 aliphatic rings. The standard InChI is InChI=1S/C19H28FN3O/c1-14-12-19(2,3)23(17-6-5-15(20)11-16(14)17)18(24)13-22-9-7-21(4)8-10-22/h5-6,11,14H,7-10,12-13H2,1-4H3. The van der Waals surface area contributed by atoms with Crippen LogP contribution in [-0.4, -0.2) is 61.0 Å². The van der Waals surface area contributed by atoms with Gasteiger partial charge in [0.25, 0.3) is 0 Å². The molecule has 1 unspecified atom stereocenters. The van der Waals surface area contributed by atoms with Crippen molar-refractivity contribution in [3.63, 3.8) is 0 Å². The highest BCUT2D eigenvalue weighted by Gasteiger charge is 2.40. The molecular formula is C19H28FN3O. The Hall–Kier alpha value is -1.46. The SMILES string of the molecule is CC1CC(C)(C)N(C(=O)CN2CCN(C)CC2)c2ccc(F)cc21. The third kappa shape index (κ3) is 3.33. The Morgan fingerprint density at radius 2 is 1.92 bits per heavy atom. The summed E-state index contributed by atoms with van der Waals surface area (Å²) in [5.41, 5.74) is 1.56. The first-order valence-corrected chi connectivity index (χ1v) is 8.81. The lowest BCUT2D eigenvalue weighted by Gasteiger charge is -2.46. The van der Waals surface area contributed by atoms with E-state index in [-0.39, 0.29) is 23.2 Å². The van der Waals surface area contributed by atoms with E-state index in [2.05, 4.69) is 37.6 Å². The Bertz CT molecular complexity index is 623. The lowest BCUT2D eigenvalue weighted by Crippen LogP contribution is -2.56. The predicted molar refractivity (Wildman–Crippen MR) is 94.9 cm³/mol. The number of carbonyl (C=O) groups is 1. The second kappa shape index (κ2) is 6.45. The summed E-state index contributed by atoms with van der Waals surface area (Å²) < 4.78 is 13.7. The van der Waals surface area contributed by atoms with Crippen molar-refractivity contribution in [2.24, 2.45) is 0 Å². The summed E-state index contributed by atoms with van der Waals surface area (Å²) in [6, 6.07) is 4.82. The zero-order valence-electron chi connectivity index (χ0n) is 15.2. The molecule has 1 amide bonds. The highest BCUT2D eigenvalue weighted by Crippen LogP contribution is 2.43. The summed E-state index contributed by atoms with van der Waals surface area (Å²) >= 11 is 0. The number of carbonyl (C=O) groups excluding carboxylic acids is 1. The largest absolute Gasteiger partial charge is 0.305 e. The average molecular weight is 333 g/mol. The number of hydrogen-bond acceptors (Lipinski definition) is 3. The first-order chi connectivity index (χ1) is 11.3. The van der Waals surface area contributed by atoms with Crippen LogP contribution < -0.4 is 4.90 Å². The second-order valence-corrected chi connectivity index (χ2v) is 7.93. The molecule has 5 heteroatoms. The van der Waals surface area contributed by atoms with Gasteiger partial charge in [0.1, 0.15) is 5.82 Å². The number of anilines is 1. The number of nitrogens with zero attached hydrogens (tertiary/aromatic N) is 3. The lowest BCUT2D eigenvalue weighted by molar-refractivity contribution is -0.121. The van der Waals surface area contributed by atoms with Crippen molar-refractivity contribution in [3.8, 4) is 0 Å². The lowest BCUT2D eigenvalue weighted by atomic mass is 9.80. The molecule has 24 heavy (non-hydrogen) atoms. The Morgan fingerprint density at radius 1 is 1.25 bits per heavy atom. The minimum atomic E-state index is -0.256. The molecule has 1 atom stereocenters. The third-order valence-electron chi connectivity index (χ3n) is 5.38. The monoisotopic (exact) mass is 333 g/mol. The van der Waals surface area contributed by atoms with E-state index in [4.69, 9.17) is 0 Å². The highest BCUT2D eigenvalue weighted by molar-refractivity contribution is 5.97. The summed E-state index contributed by atoms with van der Waals surface area (Å²) in [6.07, 6.45) is 0.845. The van der Waals surface area contributed by atoms with Gasteiger partial charge in [-0.05, 0) is 57.0 Å². The Balaban J connectivity index is 1.85. The van der Waals surface area contributed by atoms with Gasteiger partial charge in [0.15, 0.2) is 0 Å². The van der Waals surface area contributed by atoms with Crippen molar-refractivity contribution in [2.75, 3.05) is 44.7 Å². The molecule has 3 rings (SSSR count). The van der Waals surface area contributed by atoms with Crippen LogP contribution in [0.5, 0.6) is 0 Å². The number of likely N-dealkylation sites (N-methyl/N-ethyl adjacent to an activating group) is 1. The zero-order chi connectivity index (χ0) is 17.5. The Morgan fingerprint density at radius 3 is 2.58 bits per heavy atom. The molecular weight excluding hydrogens is 305 g/mol. The van der Waals surface area contributed by atoms with Gasteiger partial charge < -0.3 is 9.80 Å². The fraction of sp³-hybridized carbons (Fsp3) is 0.632. The van der Waals surface area contributed by atoms with Crippen molar-refractivity contribution in [1.82, 2.24) is 9.80 Å². The summed E-state index contributed by atoms with van der Waals surface area (Å²) in [5, 5.41) is 0. The molecule has 1 aromatic carbocycles. The molecule has 4 nitrogen and oxygen atoms in total. The van der Waals surface area contributed by atoms with Crippen molar-refractivity contribution in [3.05, 3.63) is 29.6 Å². The zero-order valence-corrected chi connectivity index (χ0v) is 15.2. The number of rotatable bonds is 2. The highest BCUT2D eigenvalue weighted by atomic mass is 19.1. The minimum absolute atomic E-state index is 0.115. The molecule has 2 heterocycles. The number of piperazine rings is 1. The van der Waals surface area contributed by atoms with E-state index < -0.39 is 0 Å². The van der Waals surface area contributed by atoms with Gasteiger partial charge in [0.2, 0.25) is 5.91 Å². The molecule has 0 radical (unpaired) electrons. The van der Waals surface area contributed by atoms with Crippen LogP contribution in [0.1, 0.15) is 38.7 Å². The van der Waals surface area contributed by atoms with Gasteiger partial charge in [-0.2, -0.15) is 0 Å². The molecule has 0 bridgehead atoms. The minimum Gasteiger partial charge on any atom is -0.305 e. The molecule has 0 saturated carbocycles. The molecule has 1 saturated heterocycles. The number of fused-ring (bicyclic) bond motifs is 1. The molecule has 0 aliphatic carbocycles. The van der Waals surface area contributed by atoms with E-state index in [0.717, 1.165) is 43.9 Å². The van der Waals surface area contributed by atoms with Crippen LogP contribution in [0.3, 0.4) is 0 Å². The van der Waals surface area contributed by atoms with E-state index in [1.807, 2.05) is 4.90 Å². The van der Waals surface area contributed by atoms with Crippen LogP contribution in [-0.2, 0) is 4.79 Å². The van der Waals surface area contributed by atoms with Gasteiger partial charge in [-0.15, -0.1) is 0 Å². The number of halogens is 1.